The fourth-order valence-electron chi connectivity index (χ4n) is 3.94. The third kappa shape index (κ3) is 5.25. The van der Waals surface area contributed by atoms with Gasteiger partial charge in [0.1, 0.15) is 11.6 Å². The Kier molecular flexibility index (Phi) is 7.33. The van der Waals surface area contributed by atoms with Gasteiger partial charge in [-0.25, -0.2) is 12.8 Å². The summed E-state index contributed by atoms with van der Waals surface area (Å²) >= 11 is 0. The second kappa shape index (κ2) is 9.78. The number of amides is 1. The molecule has 8 heteroatoms. The molecule has 0 radical (unpaired) electrons. The van der Waals surface area contributed by atoms with Gasteiger partial charge in [-0.15, -0.1) is 0 Å². The first-order valence-corrected chi connectivity index (χ1v) is 11.9. The number of hydrogen-bond donors (Lipinski definition) is 1. The maximum atomic E-state index is 13.1. The Labute approximate surface area is 183 Å². The largest absolute Gasteiger partial charge is 0.496 e. The number of methoxy groups -OCH3 is 1. The molecule has 1 aliphatic heterocycles. The van der Waals surface area contributed by atoms with Gasteiger partial charge in [0.25, 0.3) is 0 Å². The van der Waals surface area contributed by atoms with Crippen molar-refractivity contribution in [3.8, 4) is 5.75 Å². The predicted molar refractivity (Wildman–Crippen MR) is 117 cm³/mol. The SMILES string of the molecule is CC[C@@H](NC(=O)C1CCN(S(=O)(=O)c2ccc(F)cc2)CC1)c1ccc(OC)c(C)c1. The molecule has 0 aromatic heterocycles. The fraction of sp³-hybridized carbons (Fsp3) is 0.435. The molecule has 1 aliphatic rings. The summed E-state index contributed by atoms with van der Waals surface area (Å²) in [6.07, 6.45) is 1.64. The maximum absolute atomic E-state index is 13.1. The number of nitrogens with zero attached hydrogens (tertiary/aromatic N) is 1. The minimum Gasteiger partial charge on any atom is -0.496 e. The number of sulfonamides is 1. The summed E-state index contributed by atoms with van der Waals surface area (Å²) in [4.78, 5) is 12.9. The van der Waals surface area contributed by atoms with Gasteiger partial charge in [0.2, 0.25) is 15.9 Å². The van der Waals surface area contributed by atoms with Crippen LogP contribution in [0.5, 0.6) is 5.75 Å². The average molecular weight is 449 g/mol. The van der Waals surface area contributed by atoms with E-state index in [0.717, 1.165) is 35.4 Å². The first kappa shape index (κ1) is 23.2. The molecule has 0 aliphatic carbocycles. The van der Waals surface area contributed by atoms with Gasteiger partial charge in [0.05, 0.1) is 18.0 Å². The summed E-state index contributed by atoms with van der Waals surface area (Å²) in [6, 6.07) is 10.6. The van der Waals surface area contributed by atoms with Gasteiger partial charge in [0, 0.05) is 19.0 Å². The first-order valence-electron chi connectivity index (χ1n) is 10.5. The third-order valence-electron chi connectivity index (χ3n) is 5.82. The average Bonchev–Trinajstić information content (AvgIpc) is 2.77. The number of carbonyl (C=O) groups is 1. The summed E-state index contributed by atoms with van der Waals surface area (Å²) in [6.45, 7) is 4.50. The van der Waals surface area contributed by atoms with E-state index in [4.69, 9.17) is 4.74 Å². The number of ether oxygens (including phenoxy) is 1. The van der Waals surface area contributed by atoms with Crippen LogP contribution >= 0.6 is 0 Å². The van der Waals surface area contributed by atoms with Crippen LogP contribution in [0.15, 0.2) is 47.4 Å². The Morgan fingerprint density at radius 3 is 2.39 bits per heavy atom. The van der Waals surface area contributed by atoms with Crippen LogP contribution in [-0.4, -0.2) is 38.8 Å². The highest BCUT2D eigenvalue weighted by molar-refractivity contribution is 7.89. The van der Waals surface area contributed by atoms with Crippen molar-refractivity contribution in [3.05, 3.63) is 59.4 Å². The molecule has 1 heterocycles. The molecule has 0 saturated carbocycles. The van der Waals surface area contributed by atoms with Crippen molar-refractivity contribution in [1.82, 2.24) is 9.62 Å². The number of rotatable bonds is 7. The summed E-state index contributed by atoms with van der Waals surface area (Å²) in [5.41, 5.74) is 2.03. The molecule has 3 rings (SSSR count). The van der Waals surface area contributed by atoms with Crippen molar-refractivity contribution in [2.75, 3.05) is 20.2 Å². The van der Waals surface area contributed by atoms with Gasteiger partial charge in [-0.2, -0.15) is 4.31 Å². The molecule has 2 aromatic carbocycles. The van der Waals surface area contributed by atoms with Gasteiger partial charge in [-0.3, -0.25) is 4.79 Å². The third-order valence-corrected chi connectivity index (χ3v) is 7.74. The zero-order valence-corrected chi connectivity index (χ0v) is 18.9. The zero-order chi connectivity index (χ0) is 22.6. The van der Waals surface area contributed by atoms with Crippen LogP contribution in [-0.2, 0) is 14.8 Å². The van der Waals surface area contributed by atoms with E-state index < -0.39 is 15.8 Å². The molecule has 1 N–H and O–H groups in total. The molecule has 1 amide bonds. The Hall–Kier alpha value is -2.45. The molecule has 6 nitrogen and oxygen atoms in total. The second-order valence-electron chi connectivity index (χ2n) is 7.83. The lowest BCUT2D eigenvalue weighted by molar-refractivity contribution is -0.126. The van der Waals surface area contributed by atoms with Gasteiger partial charge in [-0.05, 0) is 67.6 Å². The molecule has 2 aromatic rings. The number of piperidine rings is 1. The van der Waals surface area contributed by atoms with Gasteiger partial charge in [0.15, 0.2) is 0 Å². The lowest BCUT2D eigenvalue weighted by atomic mass is 9.95. The van der Waals surface area contributed by atoms with Crippen molar-refractivity contribution in [2.45, 2.75) is 44.0 Å². The van der Waals surface area contributed by atoms with Crippen molar-refractivity contribution in [3.63, 3.8) is 0 Å². The monoisotopic (exact) mass is 448 g/mol. The Balaban J connectivity index is 1.61. The quantitative estimate of drug-likeness (QED) is 0.699. The molecule has 1 atom stereocenters. The molecule has 1 fully saturated rings. The summed E-state index contributed by atoms with van der Waals surface area (Å²) in [5.74, 6) is 0.0266. The van der Waals surface area contributed by atoms with Gasteiger partial charge >= 0.3 is 0 Å². The standard InChI is InChI=1S/C23H29FN2O4S/c1-4-21(18-5-10-22(30-3)16(2)15-18)25-23(27)17-11-13-26(14-12-17)31(28,29)20-8-6-19(24)7-9-20/h5-10,15,17,21H,4,11-14H2,1-3H3,(H,25,27)/t21-/m1/s1. The van der Waals surface area contributed by atoms with E-state index in [-0.39, 0.29) is 35.9 Å². The number of benzene rings is 2. The summed E-state index contributed by atoms with van der Waals surface area (Å²) in [7, 11) is -2.06. The Morgan fingerprint density at radius 2 is 1.84 bits per heavy atom. The first-order chi connectivity index (χ1) is 14.8. The number of hydrogen-bond acceptors (Lipinski definition) is 4. The second-order valence-corrected chi connectivity index (χ2v) is 9.77. The maximum Gasteiger partial charge on any atom is 0.243 e. The van der Waals surface area contributed by atoms with Crippen molar-refractivity contribution >= 4 is 15.9 Å². The van der Waals surface area contributed by atoms with Crippen LogP contribution in [0.3, 0.4) is 0 Å². The fourth-order valence-corrected chi connectivity index (χ4v) is 5.41. The molecular weight excluding hydrogens is 419 g/mol. The van der Waals surface area contributed by atoms with Gasteiger partial charge < -0.3 is 10.1 Å². The highest BCUT2D eigenvalue weighted by atomic mass is 32.2. The summed E-state index contributed by atoms with van der Waals surface area (Å²) < 4.78 is 45.3. The lowest BCUT2D eigenvalue weighted by Gasteiger charge is -2.31. The van der Waals surface area contributed by atoms with Crippen LogP contribution in [0.4, 0.5) is 4.39 Å². The Morgan fingerprint density at radius 1 is 1.19 bits per heavy atom. The van der Waals surface area contributed by atoms with Gasteiger partial charge in [-0.1, -0.05) is 19.1 Å². The molecule has 31 heavy (non-hydrogen) atoms. The predicted octanol–water partition coefficient (Wildman–Crippen LogP) is 3.81. The number of aryl methyl sites for hydroxylation is 1. The minimum atomic E-state index is -3.69. The Bertz CT molecular complexity index is 1020. The molecule has 0 bridgehead atoms. The van der Waals surface area contributed by atoms with E-state index in [9.17, 15) is 17.6 Å². The lowest BCUT2D eigenvalue weighted by Crippen LogP contribution is -2.43. The van der Waals surface area contributed by atoms with E-state index in [1.54, 1.807) is 7.11 Å². The van der Waals surface area contributed by atoms with Crippen LogP contribution in [0.1, 0.15) is 43.4 Å². The van der Waals surface area contributed by atoms with E-state index >= 15 is 0 Å². The van der Waals surface area contributed by atoms with Crippen LogP contribution in [0.25, 0.3) is 0 Å². The number of halogens is 1. The molecular formula is C23H29FN2O4S. The molecule has 168 valence electrons. The van der Waals surface area contributed by atoms with Crippen molar-refractivity contribution in [1.29, 1.82) is 0 Å². The van der Waals surface area contributed by atoms with Crippen LogP contribution < -0.4 is 10.1 Å². The minimum absolute atomic E-state index is 0.0563. The molecule has 1 saturated heterocycles. The van der Waals surface area contributed by atoms with E-state index in [0.29, 0.717) is 12.8 Å². The van der Waals surface area contributed by atoms with E-state index in [1.165, 1.54) is 16.4 Å². The van der Waals surface area contributed by atoms with E-state index in [1.807, 2.05) is 32.0 Å². The van der Waals surface area contributed by atoms with Crippen molar-refractivity contribution < 1.29 is 22.3 Å². The van der Waals surface area contributed by atoms with Crippen molar-refractivity contribution in [2.24, 2.45) is 5.92 Å². The number of nitrogens with one attached hydrogen (secondary N) is 1. The topological polar surface area (TPSA) is 75.7 Å². The number of carbonyl (C=O) groups excluding carboxylic acids is 1. The molecule has 0 unspecified atom stereocenters. The van der Waals surface area contributed by atoms with Crippen LogP contribution in [0.2, 0.25) is 0 Å². The highest BCUT2D eigenvalue weighted by Crippen LogP contribution is 2.27. The smallest absolute Gasteiger partial charge is 0.243 e. The molecule has 0 spiro atoms. The van der Waals surface area contributed by atoms with Crippen LogP contribution in [0, 0.1) is 18.7 Å². The van der Waals surface area contributed by atoms with E-state index in [2.05, 4.69) is 5.32 Å². The summed E-state index contributed by atoms with van der Waals surface area (Å²) in [5, 5.41) is 3.12. The normalized spacial score (nSPS) is 16.6. The zero-order valence-electron chi connectivity index (χ0n) is 18.1. The highest BCUT2D eigenvalue weighted by Gasteiger charge is 2.32.